The number of ether oxygens (including phenoxy) is 5. The standard InChI is InChI=1S/C21H24O8/c1-13(22)26-19-17-20(12-25-18(24)15-7-4-3-5-8-15)9-6-10-21(17,28-14(2)23)29-16(11-20)27-19/h3-5,7-8,16-17,19H,6,9-12H2,1-2H3/t16-,17-,19-,20+,21+/m1/s1. The Bertz CT molecular complexity index is 808. The first kappa shape index (κ1) is 19.8. The van der Waals surface area contributed by atoms with E-state index in [1.807, 2.05) is 6.07 Å². The first-order valence-corrected chi connectivity index (χ1v) is 9.76. The topological polar surface area (TPSA) is 97.4 Å². The summed E-state index contributed by atoms with van der Waals surface area (Å²) in [5.74, 6) is -3.28. The smallest absolute Gasteiger partial charge is 0.338 e. The van der Waals surface area contributed by atoms with Crippen LogP contribution in [-0.4, -0.2) is 42.9 Å². The summed E-state index contributed by atoms with van der Waals surface area (Å²) in [4.78, 5) is 36.0. The number of rotatable bonds is 5. The highest BCUT2D eigenvalue weighted by Crippen LogP contribution is 2.61. The fourth-order valence-corrected chi connectivity index (χ4v) is 4.95. The molecule has 1 aliphatic carbocycles. The maximum atomic E-state index is 12.5. The van der Waals surface area contributed by atoms with Gasteiger partial charge in [0.25, 0.3) is 0 Å². The Hall–Kier alpha value is -2.45. The molecule has 4 fully saturated rings. The van der Waals surface area contributed by atoms with E-state index in [1.54, 1.807) is 24.3 Å². The summed E-state index contributed by atoms with van der Waals surface area (Å²) in [7, 11) is 0. The maximum absolute atomic E-state index is 12.5. The number of benzene rings is 1. The molecule has 0 amide bonds. The third kappa shape index (κ3) is 3.62. The van der Waals surface area contributed by atoms with E-state index in [0.717, 1.165) is 0 Å². The highest BCUT2D eigenvalue weighted by atomic mass is 16.8. The molecule has 3 heterocycles. The maximum Gasteiger partial charge on any atom is 0.338 e. The molecule has 3 aliphatic heterocycles. The van der Waals surface area contributed by atoms with Gasteiger partial charge in [-0.2, -0.15) is 0 Å². The van der Waals surface area contributed by atoms with Crippen molar-refractivity contribution in [2.45, 2.75) is 57.9 Å². The largest absolute Gasteiger partial charge is 0.461 e. The van der Waals surface area contributed by atoms with Crippen LogP contribution in [0.1, 0.15) is 49.9 Å². The Labute approximate surface area is 168 Å². The van der Waals surface area contributed by atoms with E-state index in [9.17, 15) is 14.4 Å². The minimum atomic E-state index is -1.26. The number of fused-ring (bicyclic) bond motifs is 1. The van der Waals surface area contributed by atoms with Gasteiger partial charge in [0.15, 0.2) is 6.29 Å². The summed E-state index contributed by atoms with van der Waals surface area (Å²) in [5.41, 5.74) is -0.129. The van der Waals surface area contributed by atoms with Crippen molar-refractivity contribution < 1.29 is 38.1 Å². The van der Waals surface area contributed by atoms with Gasteiger partial charge >= 0.3 is 17.9 Å². The molecule has 156 valence electrons. The van der Waals surface area contributed by atoms with Crippen molar-refractivity contribution in [2.75, 3.05) is 6.61 Å². The Kier molecular flexibility index (Phi) is 5.08. The van der Waals surface area contributed by atoms with Crippen molar-refractivity contribution >= 4 is 17.9 Å². The van der Waals surface area contributed by atoms with E-state index >= 15 is 0 Å². The van der Waals surface area contributed by atoms with E-state index in [0.29, 0.717) is 31.2 Å². The molecule has 5 atom stereocenters. The monoisotopic (exact) mass is 404 g/mol. The zero-order valence-corrected chi connectivity index (χ0v) is 16.4. The molecular weight excluding hydrogens is 380 g/mol. The van der Waals surface area contributed by atoms with Crippen LogP contribution in [0.2, 0.25) is 0 Å². The molecule has 0 spiro atoms. The Morgan fingerprint density at radius 1 is 1.10 bits per heavy atom. The number of esters is 3. The van der Waals surface area contributed by atoms with E-state index in [-0.39, 0.29) is 6.61 Å². The molecule has 0 unspecified atom stereocenters. The summed E-state index contributed by atoms with van der Waals surface area (Å²) in [6.45, 7) is 2.70. The van der Waals surface area contributed by atoms with Gasteiger partial charge in [0.05, 0.1) is 18.1 Å². The molecular formula is C21H24O8. The van der Waals surface area contributed by atoms with Gasteiger partial charge in [-0.25, -0.2) is 4.79 Å². The Morgan fingerprint density at radius 2 is 1.86 bits per heavy atom. The second-order valence-electron chi connectivity index (χ2n) is 7.91. The summed E-state index contributed by atoms with van der Waals surface area (Å²) in [6, 6.07) is 8.72. The fraction of sp³-hybridized carbons (Fsp3) is 0.571. The molecule has 8 nitrogen and oxygen atoms in total. The predicted octanol–water partition coefficient (Wildman–Crippen LogP) is 2.56. The summed E-state index contributed by atoms with van der Waals surface area (Å²) >= 11 is 0. The van der Waals surface area contributed by atoms with Crippen LogP contribution in [0.3, 0.4) is 0 Å². The lowest BCUT2D eigenvalue weighted by Crippen LogP contribution is -2.71. The zero-order valence-electron chi connectivity index (χ0n) is 16.4. The summed E-state index contributed by atoms with van der Waals surface area (Å²) in [5, 5.41) is 0. The second kappa shape index (κ2) is 7.42. The second-order valence-corrected chi connectivity index (χ2v) is 7.91. The van der Waals surface area contributed by atoms with Crippen molar-refractivity contribution in [3.05, 3.63) is 35.9 Å². The van der Waals surface area contributed by atoms with Crippen LogP contribution in [0, 0.1) is 11.3 Å². The van der Waals surface area contributed by atoms with Crippen molar-refractivity contribution in [3.63, 3.8) is 0 Å². The van der Waals surface area contributed by atoms with Crippen LogP contribution < -0.4 is 0 Å². The van der Waals surface area contributed by atoms with E-state index in [2.05, 4.69) is 0 Å². The zero-order chi connectivity index (χ0) is 20.6. The van der Waals surface area contributed by atoms with Gasteiger partial charge in [-0.1, -0.05) is 18.2 Å². The third-order valence-corrected chi connectivity index (χ3v) is 5.89. The number of carbonyl (C=O) groups excluding carboxylic acids is 3. The van der Waals surface area contributed by atoms with E-state index < -0.39 is 47.6 Å². The molecule has 1 aromatic carbocycles. The van der Waals surface area contributed by atoms with Crippen LogP contribution >= 0.6 is 0 Å². The van der Waals surface area contributed by atoms with Gasteiger partial charge in [0.2, 0.25) is 12.1 Å². The van der Waals surface area contributed by atoms with Gasteiger partial charge < -0.3 is 23.7 Å². The molecule has 3 saturated heterocycles. The molecule has 5 rings (SSSR count). The normalized spacial score (nSPS) is 34.9. The third-order valence-electron chi connectivity index (χ3n) is 5.89. The lowest BCUT2D eigenvalue weighted by Gasteiger charge is -2.63. The first-order valence-electron chi connectivity index (χ1n) is 9.76. The molecule has 1 aromatic rings. The van der Waals surface area contributed by atoms with Crippen molar-refractivity contribution in [2.24, 2.45) is 11.3 Å². The van der Waals surface area contributed by atoms with Crippen LogP contribution in [0.15, 0.2) is 30.3 Å². The number of carbonyl (C=O) groups is 3. The van der Waals surface area contributed by atoms with Crippen LogP contribution in [0.25, 0.3) is 0 Å². The summed E-state index contributed by atoms with van der Waals surface area (Å²) < 4.78 is 28.5. The molecule has 0 N–H and O–H groups in total. The fourth-order valence-electron chi connectivity index (χ4n) is 4.95. The van der Waals surface area contributed by atoms with Gasteiger partial charge in [-0.05, 0) is 25.0 Å². The molecule has 1 saturated carbocycles. The molecule has 8 heteroatoms. The van der Waals surface area contributed by atoms with E-state index in [4.69, 9.17) is 23.7 Å². The highest BCUT2D eigenvalue weighted by molar-refractivity contribution is 5.89. The lowest BCUT2D eigenvalue weighted by atomic mass is 9.58. The van der Waals surface area contributed by atoms with Crippen molar-refractivity contribution in [3.8, 4) is 0 Å². The van der Waals surface area contributed by atoms with Crippen LogP contribution in [0.4, 0.5) is 0 Å². The molecule has 0 aromatic heterocycles. The van der Waals surface area contributed by atoms with Gasteiger partial charge in [0.1, 0.15) is 0 Å². The number of hydrogen-bond donors (Lipinski definition) is 0. The quantitative estimate of drug-likeness (QED) is 0.546. The molecule has 0 radical (unpaired) electrons. The van der Waals surface area contributed by atoms with Gasteiger partial charge in [-0.15, -0.1) is 0 Å². The Balaban J connectivity index is 1.62. The minimum Gasteiger partial charge on any atom is -0.461 e. The molecule has 4 aliphatic rings. The van der Waals surface area contributed by atoms with Gasteiger partial charge in [0, 0.05) is 32.1 Å². The Morgan fingerprint density at radius 3 is 2.55 bits per heavy atom. The van der Waals surface area contributed by atoms with Crippen LogP contribution in [0.5, 0.6) is 0 Å². The average molecular weight is 404 g/mol. The minimum absolute atomic E-state index is 0.0927. The molecule has 29 heavy (non-hydrogen) atoms. The average Bonchev–Trinajstić information content (AvgIpc) is 2.65. The first-order chi connectivity index (χ1) is 13.8. The lowest BCUT2D eigenvalue weighted by molar-refractivity contribution is -0.471. The number of hydrogen-bond acceptors (Lipinski definition) is 8. The van der Waals surface area contributed by atoms with Crippen molar-refractivity contribution in [1.82, 2.24) is 0 Å². The molecule has 4 bridgehead atoms. The van der Waals surface area contributed by atoms with Crippen LogP contribution in [-0.2, 0) is 33.3 Å². The highest BCUT2D eigenvalue weighted by Gasteiger charge is 2.70. The van der Waals surface area contributed by atoms with Crippen molar-refractivity contribution in [1.29, 1.82) is 0 Å². The predicted molar refractivity (Wildman–Crippen MR) is 97.1 cm³/mol. The summed E-state index contributed by atoms with van der Waals surface area (Å²) in [6.07, 6.45) is 0.689. The van der Waals surface area contributed by atoms with E-state index in [1.165, 1.54) is 13.8 Å². The van der Waals surface area contributed by atoms with Gasteiger partial charge in [-0.3, -0.25) is 9.59 Å². The SMILES string of the molecule is CC(=O)O[C@@H]1O[C@H]2C[C@]3(COC(=O)c4ccccc4)CCC[C@](OC(C)=O)(O2)[C@H]13.